The van der Waals surface area contributed by atoms with Gasteiger partial charge in [-0.1, -0.05) is 36.9 Å². The molecule has 0 fully saturated rings. The standard InChI is InChI=1S/C25H25N7O/c1-3-21-24(27-2)32(23(31-21)20-10-7-15-28-22(20)26)19-13-11-17(12-14-19)16-29-25(33)30-18-8-5-4-6-9-18/h3-15,27H,1,16H2,2H3,(H2,26,28)(H2,29,30,33). The Labute approximate surface area is 192 Å². The number of imidazole rings is 1. The first-order valence-corrected chi connectivity index (χ1v) is 10.4. The number of rotatable bonds is 7. The predicted octanol–water partition coefficient (Wildman–Crippen LogP) is 4.52. The van der Waals surface area contributed by atoms with Crippen LogP contribution in [0.5, 0.6) is 0 Å². The van der Waals surface area contributed by atoms with Crippen molar-refractivity contribution in [2.45, 2.75) is 6.54 Å². The van der Waals surface area contributed by atoms with E-state index in [2.05, 4.69) is 27.5 Å². The molecule has 2 heterocycles. The van der Waals surface area contributed by atoms with E-state index in [4.69, 9.17) is 10.7 Å². The number of nitrogens with zero attached hydrogens (tertiary/aromatic N) is 3. The largest absolute Gasteiger partial charge is 0.383 e. The van der Waals surface area contributed by atoms with E-state index in [0.717, 1.165) is 28.3 Å². The number of carbonyl (C=O) groups excluding carboxylic acids is 1. The van der Waals surface area contributed by atoms with E-state index >= 15 is 0 Å². The summed E-state index contributed by atoms with van der Waals surface area (Å²) in [6.45, 7) is 4.27. The first-order valence-electron chi connectivity index (χ1n) is 10.4. The summed E-state index contributed by atoms with van der Waals surface area (Å²) in [5.74, 6) is 1.84. The van der Waals surface area contributed by atoms with Gasteiger partial charge in [0.15, 0.2) is 5.82 Å². The Balaban J connectivity index is 1.57. The number of hydrogen-bond donors (Lipinski definition) is 4. The first kappa shape index (κ1) is 21.6. The van der Waals surface area contributed by atoms with Gasteiger partial charge in [0.1, 0.15) is 17.3 Å². The minimum atomic E-state index is -0.262. The predicted molar refractivity (Wildman–Crippen MR) is 133 cm³/mol. The Morgan fingerprint density at radius 3 is 2.52 bits per heavy atom. The summed E-state index contributed by atoms with van der Waals surface area (Å²) in [6, 6.07) is 20.6. The third-order valence-corrected chi connectivity index (χ3v) is 5.09. The highest BCUT2D eigenvalue weighted by atomic mass is 16.2. The number of para-hydroxylation sites is 1. The average Bonchev–Trinajstić information content (AvgIpc) is 3.22. The molecule has 0 saturated heterocycles. The lowest BCUT2D eigenvalue weighted by molar-refractivity contribution is 0.251. The van der Waals surface area contributed by atoms with E-state index in [9.17, 15) is 4.79 Å². The smallest absolute Gasteiger partial charge is 0.319 e. The highest BCUT2D eigenvalue weighted by Crippen LogP contribution is 2.32. The average molecular weight is 440 g/mol. The number of nitrogens with two attached hydrogens (primary N) is 1. The van der Waals surface area contributed by atoms with Crippen LogP contribution in [0.3, 0.4) is 0 Å². The second-order valence-corrected chi connectivity index (χ2v) is 7.24. The molecule has 0 unspecified atom stereocenters. The second kappa shape index (κ2) is 9.69. The molecule has 2 aromatic heterocycles. The number of carbonyl (C=O) groups is 1. The molecule has 4 aromatic rings. The van der Waals surface area contributed by atoms with Crippen molar-refractivity contribution < 1.29 is 4.79 Å². The van der Waals surface area contributed by atoms with Crippen molar-refractivity contribution in [2.24, 2.45) is 0 Å². The van der Waals surface area contributed by atoms with E-state index in [0.29, 0.717) is 23.9 Å². The van der Waals surface area contributed by atoms with Gasteiger partial charge in [-0.25, -0.2) is 14.8 Å². The first-order chi connectivity index (χ1) is 16.1. The molecule has 0 saturated carbocycles. The minimum Gasteiger partial charge on any atom is -0.383 e. The maximum absolute atomic E-state index is 12.2. The van der Waals surface area contributed by atoms with Crippen molar-refractivity contribution in [3.05, 3.63) is 90.8 Å². The summed E-state index contributed by atoms with van der Waals surface area (Å²) in [5, 5.41) is 8.88. The Morgan fingerprint density at radius 2 is 1.85 bits per heavy atom. The fraction of sp³-hybridized carbons (Fsp3) is 0.0800. The summed E-state index contributed by atoms with van der Waals surface area (Å²) in [7, 11) is 1.83. The highest BCUT2D eigenvalue weighted by Gasteiger charge is 2.19. The van der Waals surface area contributed by atoms with Gasteiger partial charge in [-0.2, -0.15) is 0 Å². The van der Waals surface area contributed by atoms with Crippen LogP contribution >= 0.6 is 0 Å². The summed E-state index contributed by atoms with van der Waals surface area (Å²) in [5.41, 5.74) is 10.2. The van der Waals surface area contributed by atoms with Crippen LogP contribution in [-0.2, 0) is 6.54 Å². The lowest BCUT2D eigenvalue weighted by Gasteiger charge is -2.14. The van der Waals surface area contributed by atoms with Crippen molar-refractivity contribution in [1.29, 1.82) is 0 Å². The summed E-state index contributed by atoms with van der Waals surface area (Å²) >= 11 is 0. The number of hydrogen-bond acceptors (Lipinski definition) is 5. The van der Waals surface area contributed by atoms with Gasteiger partial charge in [0.05, 0.1) is 5.56 Å². The number of nitrogens with one attached hydrogen (secondary N) is 3. The number of aromatic nitrogens is 3. The maximum atomic E-state index is 12.2. The highest BCUT2D eigenvalue weighted by molar-refractivity contribution is 5.89. The van der Waals surface area contributed by atoms with Crippen LogP contribution in [0.2, 0.25) is 0 Å². The van der Waals surface area contributed by atoms with Crippen molar-refractivity contribution in [3.63, 3.8) is 0 Å². The third kappa shape index (κ3) is 4.69. The van der Waals surface area contributed by atoms with Gasteiger partial charge in [-0.05, 0) is 48.0 Å². The van der Waals surface area contributed by atoms with Gasteiger partial charge < -0.3 is 21.7 Å². The molecular weight excluding hydrogens is 414 g/mol. The molecule has 33 heavy (non-hydrogen) atoms. The lowest BCUT2D eigenvalue weighted by atomic mass is 10.2. The van der Waals surface area contributed by atoms with Crippen LogP contribution in [0.1, 0.15) is 11.3 Å². The van der Waals surface area contributed by atoms with Gasteiger partial charge in [-0.15, -0.1) is 0 Å². The van der Waals surface area contributed by atoms with Crippen LogP contribution in [-0.4, -0.2) is 27.6 Å². The molecule has 0 atom stereocenters. The van der Waals surface area contributed by atoms with Crippen molar-refractivity contribution in [3.8, 4) is 17.1 Å². The van der Waals surface area contributed by atoms with Crippen LogP contribution < -0.4 is 21.7 Å². The summed E-state index contributed by atoms with van der Waals surface area (Å²) < 4.78 is 1.98. The Hall–Kier alpha value is -4.59. The van der Waals surface area contributed by atoms with Gasteiger partial charge in [0.25, 0.3) is 0 Å². The Kier molecular flexibility index (Phi) is 6.36. The molecule has 0 radical (unpaired) electrons. The van der Waals surface area contributed by atoms with Crippen LogP contribution in [0, 0.1) is 0 Å². The molecule has 0 spiro atoms. The molecule has 0 aliphatic heterocycles. The zero-order valence-corrected chi connectivity index (χ0v) is 18.2. The molecular formula is C25H25N7O. The molecule has 0 bridgehead atoms. The molecule has 8 nitrogen and oxygen atoms in total. The van der Waals surface area contributed by atoms with Crippen molar-refractivity contribution >= 4 is 29.4 Å². The number of amides is 2. The van der Waals surface area contributed by atoms with Crippen LogP contribution in [0.25, 0.3) is 23.2 Å². The number of pyridine rings is 1. The molecule has 2 aromatic carbocycles. The minimum absolute atomic E-state index is 0.262. The number of benzene rings is 2. The van der Waals surface area contributed by atoms with Crippen molar-refractivity contribution in [1.82, 2.24) is 19.9 Å². The Bertz CT molecular complexity index is 1260. The monoisotopic (exact) mass is 439 g/mol. The van der Waals surface area contributed by atoms with E-state index in [-0.39, 0.29) is 6.03 Å². The fourth-order valence-electron chi connectivity index (χ4n) is 3.50. The molecule has 166 valence electrons. The molecule has 5 N–H and O–H groups in total. The zero-order valence-electron chi connectivity index (χ0n) is 18.2. The molecule has 0 aliphatic rings. The van der Waals surface area contributed by atoms with E-state index in [1.165, 1.54) is 0 Å². The third-order valence-electron chi connectivity index (χ3n) is 5.09. The fourth-order valence-corrected chi connectivity index (χ4v) is 3.50. The molecule has 2 amide bonds. The number of urea groups is 1. The second-order valence-electron chi connectivity index (χ2n) is 7.24. The maximum Gasteiger partial charge on any atom is 0.319 e. The molecule has 4 rings (SSSR count). The quantitative estimate of drug-likeness (QED) is 0.338. The van der Waals surface area contributed by atoms with Gasteiger partial charge in [0, 0.05) is 31.2 Å². The number of nitrogen functional groups attached to an aromatic ring is 1. The Morgan fingerprint density at radius 1 is 1.09 bits per heavy atom. The SMILES string of the molecule is C=Cc1nc(-c2cccnc2N)n(-c2ccc(CNC(=O)Nc3ccccc3)cc2)c1NC. The van der Waals surface area contributed by atoms with Gasteiger partial charge in [0.2, 0.25) is 0 Å². The lowest BCUT2D eigenvalue weighted by Crippen LogP contribution is -2.28. The topological polar surface area (TPSA) is 110 Å². The van der Waals surface area contributed by atoms with E-state index in [1.807, 2.05) is 78.3 Å². The zero-order chi connectivity index (χ0) is 23.2. The summed E-state index contributed by atoms with van der Waals surface area (Å²) in [6.07, 6.45) is 3.34. The van der Waals surface area contributed by atoms with E-state index in [1.54, 1.807) is 12.3 Å². The van der Waals surface area contributed by atoms with Crippen LogP contribution in [0.15, 0.2) is 79.5 Å². The summed E-state index contributed by atoms with van der Waals surface area (Å²) in [4.78, 5) is 21.1. The van der Waals surface area contributed by atoms with E-state index < -0.39 is 0 Å². The van der Waals surface area contributed by atoms with Crippen LogP contribution in [0.4, 0.5) is 22.1 Å². The molecule has 0 aliphatic carbocycles. The number of anilines is 3. The molecule has 8 heteroatoms. The van der Waals surface area contributed by atoms with Gasteiger partial charge in [-0.3, -0.25) is 4.57 Å². The van der Waals surface area contributed by atoms with Crippen molar-refractivity contribution in [2.75, 3.05) is 23.4 Å². The normalized spacial score (nSPS) is 10.5. The van der Waals surface area contributed by atoms with Gasteiger partial charge >= 0.3 is 6.03 Å².